The maximum absolute atomic E-state index is 10.8. The van der Waals surface area contributed by atoms with Crippen LogP contribution in [-0.2, 0) is 15.9 Å². The number of anilines is 3. The highest BCUT2D eigenvalue weighted by atomic mass is 16.5. The quantitative estimate of drug-likeness (QED) is 0.758. The van der Waals surface area contributed by atoms with Gasteiger partial charge in [0.15, 0.2) is 5.82 Å². The van der Waals surface area contributed by atoms with Crippen molar-refractivity contribution in [3.8, 4) is 11.4 Å². The zero-order valence-corrected chi connectivity index (χ0v) is 15.7. The fourth-order valence-electron chi connectivity index (χ4n) is 3.99. The van der Waals surface area contributed by atoms with Crippen molar-refractivity contribution in [3.05, 3.63) is 18.0 Å². The van der Waals surface area contributed by atoms with Crippen molar-refractivity contribution in [3.63, 3.8) is 0 Å². The highest BCUT2D eigenvalue weighted by molar-refractivity contribution is 5.80. The van der Waals surface area contributed by atoms with Gasteiger partial charge in [-0.15, -0.1) is 0 Å². The van der Waals surface area contributed by atoms with Gasteiger partial charge in [0.2, 0.25) is 5.95 Å². The van der Waals surface area contributed by atoms with E-state index in [1.807, 2.05) is 0 Å². The Balaban J connectivity index is 1.55. The Bertz CT molecular complexity index is 917. The molecule has 1 atom stereocenters. The van der Waals surface area contributed by atoms with Crippen LogP contribution in [0.2, 0.25) is 0 Å². The molecule has 0 spiro atoms. The number of hydrogen-bond donors (Lipinski definition) is 2. The average molecular weight is 399 g/mol. The van der Waals surface area contributed by atoms with Crippen LogP contribution in [0.4, 0.5) is 22.4 Å². The molecule has 5 heterocycles. The molecule has 2 fully saturated rings. The normalized spacial score (nSPS) is 20.9. The van der Waals surface area contributed by atoms with Gasteiger partial charge >= 0.3 is 6.09 Å². The van der Waals surface area contributed by atoms with E-state index in [2.05, 4.69) is 25.1 Å². The van der Waals surface area contributed by atoms with Crippen molar-refractivity contribution >= 4 is 23.7 Å². The summed E-state index contributed by atoms with van der Waals surface area (Å²) >= 11 is 0. The van der Waals surface area contributed by atoms with E-state index in [0.29, 0.717) is 37.8 Å². The van der Waals surface area contributed by atoms with Crippen molar-refractivity contribution in [2.75, 3.05) is 61.2 Å². The number of carbonyl (C=O) groups is 1. The number of aromatic nitrogens is 4. The summed E-state index contributed by atoms with van der Waals surface area (Å²) in [5.41, 5.74) is 1.78. The monoisotopic (exact) mass is 399 g/mol. The summed E-state index contributed by atoms with van der Waals surface area (Å²) < 4.78 is 11.2. The van der Waals surface area contributed by atoms with E-state index in [9.17, 15) is 4.79 Å². The molecular formula is C18H21N7O4. The standard InChI is InChI=1S/C18H21N7O4/c26-18(27)23-17-19-8-11(9-20-17)14-21-15(24-1-4-28-5-2-24)13-7-12-10-29-6-3-25(12)16(13)22-14/h8-9,12H,1-7,10H2,(H,26,27)(H,19,20,23)/t12-/m0/s1. The molecule has 3 aliphatic rings. The maximum Gasteiger partial charge on any atom is 0.411 e. The van der Waals surface area contributed by atoms with Gasteiger partial charge in [0.1, 0.15) is 11.6 Å². The third kappa shape index (κ3) is 3.42. The molecule has 0 saturated carbocycles. The minimum atomic E-state index is -1.21. The van der Waals surface area contributed by atoms with Crippen LogP contribution in [0.25, 0.3) is 11.4 Å². The Morgan fingerprint density at radius 2 is 1.79 bits per heavy atom. The van der Waals surface area contributed by atoms with E-state index in [-0.39, 0.29) is 12.0 Å². The second kappa shape index (κ2) is 7.41. The Morgan fingerprint density at radius 3 is 2.55 bits per heavy atom. The first kappa shape index (κ1) is 18.0. The van der Waals surface area contributed by atoms with Gasteiger partial charge < -0.3 is 24.4 Å². The summed E-state index contributed by atoms with van der Waals surface area (Å²) in [5.74, 6) is 2.41. The van der Waals surface area contributed by atoms with Crippen LogP contribution in [0.15, 0.2) is 12.4 Å². The molecule has 2 aromatic rings. The Morgan fingerprint density at radius 1 is 1.07 bits per heavy atom. The lowest BCUT2D eigenvalue weighted by Crippen LogP contribution is -2.43. The summed E-state index contributed by atoms with van der Waals surface area (Å²) in [4.78, 5) is 33.1. The molecule has 152 valence electrons. The Labute approximate surface area is 166 Å². The second-order valence-corrected chi connectivity index (χ2v) is 7.12. The molecule has 0 aliphatic carbocycles. The van der Waals surface area contributed by atoms with E-state index in [0.717, 1.165) is 43.3 Å². The first-order valence-electron chi connectivity index (χ1n) is 9.59. The first-order valence-corrected chi connectivity index (χ1v) is 9.59. The van der Waals surface area contributed by atoms with E-state index in [4.69, 9.17) is 24.5 Å². The molecule has 0 unspecified atom stereocenters. The number of carboxylic acid groups (broad SMARTS) is 1. The lowest BCUT2D eigenvalue weighted by atomic mass is 10.1. The molecule has 0 bridgehead atoms. The van der Waals surface area contributed by atoms with Gasteiger partial charge in [-0.3, -0.25) is 5.32 Å². The zero-order valence-electron chi connectivity index (χ0n) is 15.7. The predicted octanol–water partition coefficient (Wildman–Crippen LogP) is 0.621. The summed E-state index contributed by atoms with van der Waals surface area (Å²) in [5, 5.41) is 10.9. The molecule has 2 N–H and O–H groups in total. The number of ether oxygens (including phenoxy) is 2. The summed E-state index contributed by atoms with van der Waals surface area (Å²) in [6, 6.07) is 0.279. The number of hydrogen-bond acceptors (Lipinski definition) is 9. The van der Waals surface area contributed by atoms with Gasteiger partial charge in [0.25, 0.3) is 0 Å². The highest BCUT2D eigenvalue weighted by Gasteiger charge is 2.37. The molecule has 1 amide bonds. The van der Waals surface area contributed by atoms with Crippen LogP contribution in [0, 0.1) is 0 Å². The van der Waals surface area contributed by atoms with E-state index < -0.39 is 6.09 Å². The molecule has 29 heavy (non-hydrogen) atoms. The smallest absolute Gasteiger partial charge is 0.411 e. The number of nitrogens with one attached hydrogen (secondary N) is 1. The molecule has 3 aliphatic heterocycles. The molecule has 0 radical (unpaired) electrons. The molecule has 2 saturated heterocycles. The van der Waals surface area contributed by atoms with Crippen molar-refractivity contribution in [2.45, 2.75) is 12.5 Å². The Kier molecular flexibility index (Phi) is 4.60. The topological polar surface area (TPSA) is 126 Å². The SMILES string of the molecule is O=C(O)Nc1ncc(-c2nc(N3CCOCC3)c3c(n2)N2CCOC[C@@H]2C3)cn1. The first-order chi connectivity index (χ1) is 14.2. The van der Waals surface area contributed by atoms with Crippen LogP contribution >= 0.6 is 0 Å². The third-order valence-electron chi connectivity index (χ3n) is 5.34. The van der Waals surface area contributed by atoms with Gasteiger partial charge in [-0.1, -0.05) is 0 Å². The van der Waals surface area contributed by atoms with Crippen molar-refractivity contribution in [1.82, 2.24) is 19.9 Å². The van der Waals surface area contributed by atoms with Crippen LogP contribution in [0.3, 0.4) is 0 Å². The molecule has 11 heteroatoms. The molecular weight excluding hydrogens is 378 g/mol. The lowest BCUT2D eigenvalue weighted by Gasteiger charge is -2.31. The van der Waals surface area contributed by atoms with Crippen LogP contribution in [0.5, 0.6) is 0 Å². The third-order valence-corrected chi connectivity index (χ3v) is 5.34. The largest absolute Gasteiger partial charge is 0.465 e. The number of rotatable bonds is 3. The van der Waals surface area contributed by atoms with Crippen LogP contribution in [0.1, 0.15) is 5.56 Å². The van der Waals surface area contributed by atoms with Crippen LogP contribution < -0.4 is 15.1 Å². The fraction of sp³-hybridized carbons (Fsp3) is 0.500. The van der Waals surface area contributed by atoms with E-state index >= 15 is 0 Å². The van der Waals surface area contributed by atoms with Gasteiger partial charge in [-0.05, 0) is 0 Å². The van der Waals surface area contributed by atoms with Gasteiger partial charge in [0, 0.05) is 44.0 Å². The molecule has 11 nitrogen and oxygen atoms in total. The minimum absolute atomic E-state index is 0.0176. The van der Waals surface area contributed by atoms with E-state index in [1.165, 1.54) is 12.4 Å². The van der Waals surface area contributed by atoms with Crippen molar-refractivity contribution in [1.29, 1.82) is 0 Å². The number of amides is 1. The molecule has 5 rings (SSSR count). The van der Waals surface area contributed by atoms with E-state index in [1.54, 1.807) is 0 Å². The predicted molar refractivity (Wildman–Crippen MR) is 103 cm³/mol. The van der Waals surface area contributed by atoms with Gasteiger partial charge in [-0.25, -0.2) is 24.7 Å². The zero-order chi connectivity index (χ0) is 19.8. The number of nitrogens with zero attached hydrogens (tertiary/aromatic N) is 6. The second-order valence-electron chi connectivity index (χ2n) is 7.12. The number of morpholine rings is 2. The highest BCUT2D eigenvalue weighted by Crippen LogP contribution is 2.39. The van der Waals surface area contributed by atoms with Crippen LogP contribution in [-0.4, -0.2) is 83.2 Å². The Hall–Kier alpha value is -3.05. The lowest BCUT2D eigenvalue weighted by molar-refractivity contribution is 0.0973. The summed E-state index contributed by atoms with van der Waals surface area (Å²) in [7, 11) is 0. The summed E-state index contributed by atoms with van der Waals surface area (Å²) in [6.45, 7) is 5.07. The van der Waals surface area contributed by atoms with Gasteiger partial charge in [-0.2, -0.15) is 0 Å². The molecule has 0 aromatic carbocycles. The number of fused-ring (bicyclic) bond motifs is 3. The maximum atomic E-state index is 10.8. The van der Waals surface area contributed by atoms with Gasteiger partial charge in [0.05, 0.1) is 38.0 Å². The van der Waals surface area contributed by atoms with Crippen molar-refractivity contribution < 1.29 is 19.4 Å². The molecule has 2 aromatic heterocycles. The summed E-state index contributed by atoms with van der Waals surface area (Å²) in [6.07, 6.45) is 2.73. The van der Waals surface area contributed by atoms with Crippen molar-refractivity contribution in [2.24, 2.45) is 0 Å². The average Bonchev–Trinajstić information content (AvgIpc) is 3.12. The minimum Gasteiger partial charge on any atom is -0.465 e. The fourth-order valence-corrected chi connectivity index (χ4v) is 3.99.